The lowest BCUT2D eigenvalue weighted by Crippen LogP contribution is -2.17. The molecule has 4 rings (SSSR count). The largest absolute Gasteiger partial charge is 0.497 e. The maximum atomic E-state index is 12.8. The van der Waals surface area contributed by atoms with Crippen LogP contribution in [0.1, 0.15) is 24.9 Å². The van der Waals surface area contributed by atoms with Crippen LogP contribution in [0.15, 0.2) is 60.7 Å². The summed E-state index contributed by atoms with van der Waals surface area (Å²) >= 11 is 2.66. The maximum Gasteiger partial charge on any atom is 0.265 e. The minimum atomic E-state index is -0.379. The number of aromatic nitrogens is 2. The molecule has 2 aromatic heterocycles. The molecule has 4 aromatic rings. The molecule has 0 saturated carbocycles. The van der Waals surface area contributed by atoms with Crippen LogP contribution < -0.4 is 15.4 Å². The third-order valence-corrected chi connectivity index (χ3v) is 6.25. The lowest BCUT2D eigenvalue weighted by molar-refractivity contribution is 0.102. The molecule has 2 heterocycles. The Labute approximate surface area is 186 Å². The van der Waals surface area contributed by atoms with Crippen molar-refractivity contribution in [2.24, 2.45) is 0 Å². The van der Waals surface area contributed by atoms with Crippen LogP contribution in [0, 0.1) is 6.92 Å². The number of amides is 2. The van der Waals surface area contributed by atoms with Gasteiger partial charge in [0.1, 0.15) is 10.8 Å². The van der Waals surface area contributed by atoms with Crippen molar-refractivity contribution >= 4 is 45.3 Å². The van der Waals surface area contributed by atoms with Gasteiger partial charge in [0, 0.05) is 10.4 Å². The fourth-order valence-electron chi connectivity index (χ4n) is 2.82. The Morgan fingerprint density at radius 1 is 0.871 bits per heavy atom. The third-order valence-electron chi connectivity index (χ3n) is 4.37. The number of carbonyl (C=O) groups is 2. The molecule has 2 N–H and O–H groups in total. The van der Waals surface area contributed by atoms with Gasteiger partial charge in [0.15, 0.2) is 0 Å². The molecule has 0 fully saturated rings. The second-order valence-corrected chi connectivity index (χ2v) is 8.77. The highest BCUT2D eigenvalue weighted by molar-refractivity contribution is 7.18. The second-order valence-electron chi connectivity index (χ2n) is 6.50. The minimum Gasteiger partial charge on any atom is -0.497 e. The summed E-state index contributed by atoms with van der Waals surface area (Å²) in [7, 11) is 1.61. The van der Waals surface area contributed by atoms with Gasteiger partial charge < -0.3 is 10.1 Å². The average Bonchev–Trinajstić information content (AvgIpc) is 3.43. The molecule has 0 bridgehead atoms. The van der Waals surface area contributed by atoms with Gasteiger partial charge in [-0.1, -0.05) is 23.5 Å². The first-order valence-electron chi connectivity index (χ1n) is 9.29. The Bertz CT molecular complexity index is 1230. The number of methoxy groups -OCH3 is 1. The maximum absolute atomic E-state index is 12.8. The number of ether oxygens (including phenoxy) is 1. The fourth-order valence-corrected chi connectivity index (χ4v) is 4.33. The Kier molecular flexibility index (Phi) is 6.06. The highest BCUT2D eigenvalue weighted by atomic mass is 32.1. The third kappa shape index (κ3) is 4.79. The van der Waals surface area contributed by atoms with Gasteiger partial charge in [0.2, 0.25) is 5.13 Å². The van der Waals surface area contributed by atoms with E-state index in [0.717, 1.165) is 16.2 Å². The molecule has 0 aliphatic heterocycles. The van der Waals surface area contributed by atoms with E-state index < -0.39 is 0 Å². The Balaban J connectivity index is 1.49. The van der Waals surface area contributed by atoms with Crippen molar-refractivity contribution in [1.29, 1.82) is 0 Å². The summed E-state index contributed by atoms with van der Waals surface area (Å²) < 4.78 is 5.16. The number of aryl methyl sites for hydroxylation is 1. The number of nitrogens with one attached hydrogen (secondary N) is 2. The van der Waals surface area contributed by atoms with E-state index >= 15 is 0 Å². The predicted octanol–water partition coefficient (Wildman–Crippen LogP) is 5.09. The zero-order chi connectivity index (χ0) is 21.8. The van der Waals surface area contributed by atoms with Crippen LogP contribution >= 0.6 is 22.7 Å². The van der Waals surface area contributed by atoms with E-state index in [1.54, 1.807) is 37.4 Å². The quantitative estimate of drug-likeness (QED) is 0.427. The van der Waals surface area contributed by atoms with Crippen LogP contribution in [0.25, 0.3) is 10.6 Å². The summed E-state index contributed by atoms with van der Waals surface area (Å²) in [5.41, 5.74) is 1.64. The minimum absolute atomic E-state index is 0.254. The number of rotatable bonds is 6. The molecule has 0 unspecified atom stereocenters. The molecule has 7 nitrogen and oxygen atoms in total. The zero-order valence-electron chi connectivity index (χ0n) is 16.7. The lowest BCUT2D eigenvalue weighted by Gasteiger charge is -2.09. The van der Waals surface area contributed by atoms with Crippen LogP contribution in [-0.2, 0) is 0 Å². The van der Waals surface area contributed by atoms with Crippen molar-refractivity contribution in [3.8, 4) is 16.3 Å². The summed E-state index contributed by atoms with van der Waals surface area (Å²) in [6.07, 6.45) is 0. The number of nitrogens with zero attached hydrogens (tertiary/aromatic N) is 2. The Morgan fingerprint density at radius 3 is 2.35 bits per heavy atom. The van der Waals surface area contributed by atoms with Crippen molar-refractivity contribution in [2.75, 3.05) is 17.7 Å². The summed E-state index contributed by atoms with van der Waals surface area (Å²) in [4.78, 5) is 27.0. The molecule has 0 saturated heterocycles. The van der Waals surface area contributed by atoms with Gasteiger partial charge >= 0.3 is 0 Å². The number of hydrogen-bond acceptors (Lipinski definition) is 7. The number of thiophene rings is 1. The van der Waals surface area contributed by atoms with E-state index in [1.807, 2.05) is 37.3 Å². The molecule has 2 aromatic carbocycles. The van der Waals surface area contributed by atoms with Crippen LogP contribution in [0.3, 0.4) is 0 Å². The Hall–Kier alpha value is -3.56. The van der Waals surface area contributed by atoms with E-state index in [2.05, 4.69) is 20.8 Å². The van der Waals surface area contributed by atoms with Crippen molar-refractivity contribution in [2.45, 2.75) is 6.92 Å². The first-order chi connectivity index (χ1) is 15.0. The number of benzene rings is 2. The molecule has 2 amide bonds. The highest BCUT2D eigenvalue weighted by Crippen LogP contribution is 2.28. The number of para-hydroxylation sites is 1. The number of carbonyl (C=O) groups excluding carboxylic acids is 2. The van der Waals surface area contributed by atoms with Gasteiger partial charge in [-0.15, -0.1) is 21.5 Å². The zero-order valence-corrected chi connectivity index (χ0v) is 18.3. The van der Waals surface area contributed by atoms with Crippen molar-refractivity contribution < 1.29 is 14.3 Å². The molecule has 31 heavy (non-hydrogen) atoms. The van der Waals surface area contributed by atoms with Crippen molar-refractivity contribution in [3.63, 3.8) is 0 Å². The summed E-state index contributed by atoms with van der Waals surface area (Å²) in [6.45, 7) is 1.94. The van der Waals surface area contributed by atoms with Gasteiger partial charge in [0.05, 0.1) is 23.2 Å². The average molecular weight is 451 g/mol. The normalized spacial score (nSPS) is 10.5. The molecule has 0 aliphatic carbocycles. The van der Waals surface area contributed by atoms with Crippen LogP contribution in [0.4, 0.5) is 10.8 Å². The highest BCUT2D eigenvalue weighted by Gasteiger charge is 2.17. The second kappa shape index (κ2) is 9.07. The SMILES string of the molecule is COc1ccc(-c2nnc(NC(=O)c3ccccc3NC(=O)c3ccc(C)s3)s2)cc1. The van der Waals surface area contributed by atoms with Crippen molar-refractivity contribution in [3.05, 3.63) is 76.0 Å². The first kappa shape index (κ1) is 20.7. The summed E-state index contributed by atoms with van der Waals surface area (Å²) in [5.74, 6) is 0.116. The van der Waals surface area contributed by atoms with E-state index in [-0.39, 0.29) is 11.8 Å². The molecular formula is C22H18N4O3S2. The molecule has 0 spiro atoms. The summed E-state index contributed by atoms with van der Waals surface area (Å²) in [6, 6.07) is 17.9. The van der Waals surface area contributed by atoms with E-state index in [9.17, 15) is 9.59 Å². The van der Waals surface area contributed by atoms with E-state index in [1.165, 1.54) is 22.7 Å². The summed E-state index contributed by atoms with van der Waals surface area (Å²) in [5, 5.41) is 14.8. The topological polar surface area (TPSA) is 93.2 Å². The van der Waals surface area contributed by atoms with Crippen LogP contribution in [0.2, 0.25) is 0 Å². The predicted molar refractivity (Wildman–Crippen MR) is 123 cm³/mol. The van der Waals surface area contributed by atoms with Crippen molar-refractivity contribution in [1.82, 2.24) is 10.2 Å². The molecule has 0 atom stereocenters. The van der Waals surface area contributed by atoms with Gasteiger partial charge in [-0.05, 0) is 55.5 Å². The number of hydrogen-bond donors (Lipinski definition) is 2. The van der Waals surface area contributed by atoms with Crippen LogP contribution in [-0.4, -0.2) is 29.1 Å². The van der Waals surface area contributed by atoms with Gasteiger partial charge in [-0.3, -0.25) is 14.9 Å². The molecule has 9 heteroatoms. The molecular weight excluding hydrogens is 432 g/mol. The van der Waals surface area contributed by atoms with Gasteiger partial charge in [-0.25, -0.2) is 0 Å². The van der Waals surface area contributed by atoms with Gasteiger partial charge in [-0.2, -0.15) is 0 Å². The number of anilines is 2. The molecule has 0 aliphatic rings. The van der Waals surface area contributed by atoms with Gasteiger partial charge in [0.25, 0.3) is 11.8 Å². The first-order valence-corrected chi connectivity index (χ1v) is 10.9. The fraction of sp³-hybridized carbons (Fsp3) is 0.0909. The molecule has 156 valence electrons. The Morgan fingerprint density at radius 2 is 1.65 bits per heavy atom. The smallest absolute Gasteiger partial charge is 0.265 e. The lowest BCUT2D eigenvalue weighted by atomic mass is 10.1. The monoisotopic (exact) mass is 450 g/mol. The van der Waals surface area contributed by atoms with E-state index in [0.29, 0.717) is 26.3 Å². The standard InChI is InChI=1S/C22H18N4O3S2/c1-13-7-12-18(30-13)20(28)23-17-6-4-3-5-16(17)19(27)24-22-26-25-21(31-22)14-8-10-15(29-2)11-9-14/h3-12H,1-2H3,(H,23,28)(H,24,26,27). The molecule has 0 radical (unpaired) electrons. The van der Waals surface area contributed by atoms with Crippen LogP contribution in [0.5, 0.6) is 5.75 Å². The van der Waals surface area contributed by atoms with E-state index in [4.69, 9.17) is 4.74 Å².